The van der Waals surface area contributed by atoms with Crippen LogP contribution in [0.25, 0.3) is 0 Å². The molecule has 0 spiro atoms. The molecule has 0 amide bonds. The lowest BCUT2D eigenvalue weighted by molar-refractivity contribution is -0.332. The summed E-state index contributed by atoms with van der Waals surface area (Å²) in [7, 11) is 0. The first kappa shape index (κ1) is 27.0. The highest BCUT2D eigenvalue weighted by molar-refractivity contribution is 5.01. The van der Waals surface area contributed by atoms with Crippen molar-refractivity contribution in [1.82, 2.24) is 0 Å². The Bertz CT molecular complexity index is 584. The van der Waals surface area contributed by atoms with Crippen molar-refractivity contribution in [3.05, 3.63) is 0 Å². The molecule has 3 aliphatic rings. The van der Waals surface area contributed by atoms with Gasteiger partial charge in [-0.15, -0.1) is 0 Å². The summed E-state index contributed by atoms with van der Waals surface area (Å²) >= 11 is 0. The third-order valence-electron chi connectivity index (χ3n) is 6.48. The maximum absolute atomic E-state index is 10.9. The van der Waals surface area contributed by atoms with Crippen LogP contribution in [-0.4, -0.2) is 141 Å². The van der Waals surface area contributed by atoms with Gasteiger partial charge in [0.2, 0.25) is 0 Å². The lowest BCUT2D eigenvalue weighted by Gasteiger charge is -2.48. The predicted octanol–water partition coefficient (Wildman–Crippen LogP) is -7.29. The van der Waals surface area contributed by atoms with E-state index < -0.39 is 98.4 Å². The van der Waals surface area contributed by atoms with E-state index in [0.29, 0.717) is 0 Å². The van der Waals surface area contributed by atoms with Gasteiger partial charge in [-0.25, -0.2) is 0 Å². The number of ether oxygens (including phenoxy) is 4. The van der Waals surface area contributed by atoms with E-state index in [2.05, 4.69) is 0 Å². The molecule has 1 saturated carbocycles. The maximum atomic E-state index is 10.9. The van der Waals surface area contributed by atoms with Gasteiger partial charge in [0.15, 0.2) is 12.6 Å². The second kappa shape index (κ2) is 11.0. The average Bonchev–Trinajstić information content (AvgIpc) is 2.79. The van der Waals surface area contributed by atoms with E-state index in [0.717, 1.165) is 0 Å². The Morgan fingerprint density at radius 1 is 0.667 bits per heavy atom. The minimum Gasteiger partial charge on any atom is -0.394 e. The standard InChI is InChI=1S/C18H36N4O11/c19-2-6-10(25)12(27)13(28)18(30-6)33-16-5(21)1-4(20)15(14(16)29)32-17-11(26)8(22)9(24)7(3-23)31-17/h4-18,23-29H,1-3,19-22H2/t4-,5+,6-,7?,8+,9-,10-,11?,12?,13?,14?,15+,16?,17-,18+/m1/s1. The quantitative estimate of drug-likeness (QED) is 0.167. The van der Waals surface area contributed by atoms with Gasteiger partial charge < -0.3 is 77.6 Å². The average molecular weight is 485 g/mol. The van der Waals surface area contributed by atoms with Crippen LogP contribution in [0.2, 0.25) is 0 Å². The molecule has 0 bridgehead atoms. The molecular weight excluding hydrogens is 448 g/mol. The van der Waals surface area contributed by atoms with Gasteiger partial charge in [0, 0.05) is 18.6 Å². The Labute approximate surface area is 189 Å². The molecule has 15 N–H and O–H groups in total. The number of aliphatic hydroxyl groups is 7. The van der Waals surface area contributed by atoms with Crippen LogP contribution < -0.4 is 22.9 Å². The van der Waals surface area contributed by atoms with Gasteiger partial charge >= 0.3 is 0 Å². The van der Waals surface area contributed by atoms with Gasteiger partial charge in [0.25, 0.3) is 0 Å². The van der Waals surface area contributed by atoms with Crippen LogP contribution in [0.4, 0.5) is 0 Å². The van der Waals surface area contributed by atoms with Gasteiger partial charge in [-0.3, -0.25) is 0 Å². The molecule has 6 unspecified atom stereocenters. The molecule has 3 rings (SSSR count). The lowest BCUT2D eigenvalue weighted by atomic mass is 9.84. The normalized spacial score (nSPS) is 53.7. The van der Waals surface area contributed by atoms with Gasteiger partial charge in [0.1, 0.15) is 61.0 Å². The summed E-state index contributed by atoms with van der Waals surface area (Å²) in [4.78, 5) is 0. The summed E-state index contributed by atoms with van der Waals surface area (Å²) in [5, 5.41) is 70.9. The molecule has 194 valence electrons. The second-order valence-corrected chi connectivity index (χ2v) is 8.79. The molecule has 2 saturated heterocycles. The smallest absolute Gasteiger partial charge is 0.187 e. The molecule has 0 aromatic heterocycles. The highest BCUT2D eigenvalue weighted by atomic mass is 16.7. The third kappa shape index (κ3) is 5.32. The van der Waals surface area contributed by atoms with Crippen LogP contribution in [0, 0.1) is 0 Å². The Morgan fingerprint density at radius 2 is 1.18 bits per heavy atom. The van der Waals surface area contributed by atoms with Crippen molar-refractivity contribution >= 4 is 0 Å². The van der Waals surface area contributed by atoms with Crippen LogP contribution in [-0.2, 0) is 18.9 Å². The van der Waals surface area contributed by atoms with E-state index >= 15 is 0 Å². The molecule has 0 aromatic carbocycles. The SMILES string of the molecule is NC[C@H]1O[C@@H](OC2C(O)[C@@H](O[C@H]3OC(CO)[C@@H](O)[C@H](N)C3O)[C@H](N)C[C@@H]2N)C(O)C(O)[C@@H]1O. The summed E-state index contributed by atoms with van der Waals surface area (Å²) in [6.45, 7) is -0.763. The first-order valence-electron chi connectivity index (χ1n) is 10.8. The fourth-order valence-corrected chi connectivity index (χ4v) is 4.40. The van der Waals surface area contributed by atoms with Gasteiger partial charge in [-0.2, -0.15) is 0 Å². The van der Waals surface area contributed by atoms with Crippen molar-refractivity contribution < 1.29 is 54.7 Å². The highest BCUT2D eigenvalue weighted by Crippen LogP contribution is 2.31. The number of rotatable bonds is 6. The van der Waals surface area contributed by atoms with Crippen molar-refractivity contribution in [3.8, 4) is 0 Å². The van der Waals surface area contributed by atoms with E-state index in [4.69, 9.17) is 41.9 Å². The molecule has 15 heteroatoms. The first-order valence-corrected chi connectivity index (χ1v) is 10.8. The highest BCUT2D eigenvalue weighted by Gasteiger charge is 2.51. The fraction of sp³-hybridized carbons (Fsp3) is 1.00. The van der Waals surface area contributed by atoms with Crippen molar-refractivity contribution in [2.45, 2.75) is 98.2 Å². The molecule has 15 atom stereocenters. The van der Waals surface area contributed by atoms with Crippen molar-refractivity contribution in [3.63, 3.8) is 0 Å². The van der Waals surface area contributed by atoms with Gasteiger partial charge in [-0.1, -0.05) is 0 Å². The topological polar surface area (TPSA) is 283 Å². The predicted molar refractivity (Wildman–Crippen MR) is 108 cm³/mol. The summed E-state index contributed by atoms with van der Waals surface area (Å²) in [6.07, 6.45) is -16.5. The summed E-state index contributed by atoms with van der Waals surface area (Å²) < 4.78 is 22.2. The molecule has 2 aliphatic heterocycles. The molecule has 0 radical (unpaired) electrons. The van der Waals surface area contributed by atoms with E-state index in [-0.39, 0.29) is 13.0 Å². The number of hydrogen-bond donors (Lipinski definition) is 11. The Balaban J connectivity index is 1.72. The first-order chi connectivity index (χ1) is 15.5. The summed E-state index contributed by atoms with van der Waals surface area (Å²) in [5.41, 5.74) is 23.5. The Morgan fingerprint density at radius 3 is 1.70 bits per heavy atom. The van der Waals surface area contributed by atoms with E-state index in [1.165, 1.54) is 0 Å². The molecule has 33 heavy (non-hydrogen) atoms. The van der Waals surface area contributed by atoms with Crippen LogP contribution >= 0.6 is 0 Å². The molecule has 15 nitrogen and oxygen atoms in total. The zero-order valence-electron chi connectivity index (χ0n) is 17.9. The molecular formula is C18H36N4O11. The third-order valence-corrected chi connectivity index (χ3v) is 6.48. The minimum absolute atomic E-state index is 0.0849. The lowest BCUT2D eigenvalue weighted by Crippen LogP contribution is -2.68. The van der Waals surface area contributed by atoms with E-state index in [1.807, 2.05) is 0 Å². The Kier molecular flexibility index (Phi) is 8.99. The van der Waals surface area contributed by atoms with Crippen molar-refractivity contribution in [2.24, 2.45) is 22.9 Å². The molecule has 1 aliphatic carbocycles. The zero-order valence-corrected chi connectivity index (χ0v) is 17.9. The number of aliphatic hydroxyl groups excluding tert-OH is 7. The van der Waals surface area contributed by atoms with E-state index in [9.17, 15) is 35.7 Å². The number of nitrogens with two attached hydrogens (primary N) is 4. The van der Waals surface area contributed by atoms with Crippen LogP contribution in [0.3, 0.4) is 0 Å². The molecule has 0 aromatic rings. The number of hydrogen-bond acceptors (Lipinski definition) is 15. The fourth-order valence-electron chi connectivity index (χ4n) is 4.40. The molecule has 3 fully saturated rings. The van der Waals surface area contributed by atoms with Crippen LogP contribution in [0.15, 0.2) is 0 Å². The zero-order chi connectivity index (χ0) is 24.6. The van der Waals surface area contributed by atoms with Gasteiger partial charge in [-0.05, 0) is 6.42 Å². The van der Waals surface area contributed by atoms with Crippen molar-refractivity contribution in [1.29, 1.82) is 0 Å². The van der Waals surface area contributed by atoms with Crippen LogP contribution in [0.5, 0.6) is 0 Å². The molecule has 2 heterocycles. The monoisotopic (exact) mass is 484 g/mol. The van der Waals surface area contributed by atoms with Gasteiger partial charge in [0.05, 0.1) is 12.6 Å². The van der Waals surface area contributed by atoms with E-state index in [1.54, 1.807) is 0 Å². The second-order valence-electron chi connectivity index (χ2n) is 8.79. The Hall–Kier alpha value is -0.600. The van der Waals surface area contributed by atoms with Crippen LogP contribution in [0.1, 0.15) is 6.42 Å². The summed E-state index contributed by atoms with van der Waals surface area (Å²) in [5.74, 6) is 0. The summed E-state index contributed by atoms with van der Waals surface area (Å²) in [6, 6.07) is -2.86. The van der Waals surface area contributed by atoms with Crippen molar-refractivity contribution in [2.75, 3.05) is 13.2 Å². The minimum atomic E-state index is -1.66. The largest absolute Gasteiger partial charge is 0.394 e. The maximum Gasteiger partial charge on any atom is 0.187 e.